The van der Waals surface area contributed by atoms with Crippen LogP contribution in [0.5, 0.6) is 11.5 Å². The lowest BCUT2D eigenvalue weighted by Crippen LogP contribution is -2.29. The van der Waals surface area contributed by atoms with Gasteiger partial charge in [-0.15, -0.1) is 0 Å². The van der Waals surface area contributed by atoms with Crippen LogP contribution in [0.3, 0.4) is 0 Å². The van der Waals surface area contributed by atoms with Gasteiger partial charge >= 0.3 is 11.9 Å². The minimum atomic E-state index is -0.558. The summed E-state index contributed by atoms with van der Waals surface area (Å²) in [4.78, 5) is 23.4. The minimum Gasteiger partial charge on any atom is -0.493 e. The molecule has 5 rings (SSSR count). The molecule has 1 aliphatic carbocycles. The molecule has 4 aromatic rings. The van der Waals surface area contributed by atoms with Crippen LogP contribution >= 0.6 is 0 Å². The Kier molecular flexibility index (Phi) is 13.3. The maximum Gasteiger partial charge on any atom is 0.330 e. The number of fused-ring (bicyclic) bond motifs is 3. The highest BCUT2D eigenvalue weighted by Gasteiger charge is 2.46. The molecule has 6 nitrogen and oxygen atoms in total. The van der Waals surface area contributed by atoms with Crippen molar-refractivity contribution >= 4 is 11.9 Å². The summed E-state index contributed by atoms with van der Waals surface area (Å²) >= 11 is 0. The molecule has 51 heavy (non-hydrogen) atoms. The van der Waals surface area contributed by atoms with Gasteiger partial charge in [-0.3, -0.25) is 0 Å². The largest absolute Gasteiger partial charge is 0.493 e. The van der Waals surface area contributed by atoms with E-state index in [2.05, 4.69) is 98.8 Å². The van der Waals surface area contributed by atoms with E-state index in [1.807, 2.05) is 0 Å². The van der Waals surface area contributed by atoms with Crippen molar-refractivity contribution in [2.45, 2.75) is 71.6 Å². The lowest BCUT2D eigenvalue weighted by Gasteiger charge is -2.35. The van der Waals surface area contributed by atoms with Gasteiger partial charge in [0.15, 0.2) is 0 Å². The SMILES string of the molecule is CC=CC(=O)OCCCOc1ccc(C2(c3ccc(OCCCOC(=O)C=CC)c(CCC)c3)c3ccccc3-c3ccccc32)cc1CCC. The quantitative estimate of drug-likeness (QED) is 0.0519. The van der Waals surface area contributed by atoms with Gasteiger partial charge in [0.25, 0.3) is 0 Å². The summed E-state index contributed by atoms with van der Waals surface area (Å²) in [7, 11) is 0. The van der Waals surface area contributed by atoms with Crippen LogP contribution in [0.15, 0.2) is 109 Å². The van der Waals surface area contributed by atoms with Gasteiger partial charge in [-0.2, -0.15) is 0 Å². The minimum absolute atomic E-state index is 0.310. The topological polar surface area (TPSA) is 71.1 Å². The highest BCUT2D eigenvalue weighted by Crippen LogP contribution is 2.56. The van der Waals surface area contributed by atoms with Crippen molar-refractivity contribution in [1.82, 2.24) is 0 Å². The molecule has 0 heterocycles. The molecule has 4 aromatic carbocycles. The molecule has 266 valence electrons. The van der Waals surface area contributed by atoms with E-state index < -0.39 is 5.41 Å². The third-order valence-electron chi connectivity index (χ3n) is 9.16. The third kappa shape index (κ3) is 8.45. The third-order valence-corrected chi connectivity index (χ3v) is 9.16. The van der Waals surface area contributed by atoms with Crippen LogP contribution in [0.2, 0.25) is 0 Å². The Bertz CT molecular complexity index is 1720. The molecule has 0 N–H and O–H groups in total. The molecular formula is C45H50O6. The Morgan fingerprint density at radius 2 is 1.02 bits per heavy atom. The van der Waals surface area contributed by atoms with Gasteiger partial charge in [-0.25, -0.2) is 9.59 Å². The zero-order chi connectivity index (χ0) is 36.1. The lowest BCUT2D eigenvalue weighted by atomic mass is 9.67. The Balaban J connectivity index is 1.53. The van der Waals surface area contributed by atoms with Crippen molar-refractivity contribution in [3.63, 3.8) is 0 Å². The average molecular weight is 687 g/mol. The number of esters is 2. The van der Waals surface area contributed by atoms with Crippen molar-refractivity contribution in [1.29, 1.82) is 0 Å². The van der Waals surface area contributed by atoms with Crippen LogP contribution in [0, 0.1) is 0 Å². The summed E-state index contributed by atoms with van der Waals surface area (Å²) in [5.41, 5.74) is 9.12. The normalized spacial score (nSPS) is 12.9. The fourth-order valence-corrected chi connectivity index (χ4v) is 7.06. The van der Waals surface area contributed by atoms with E-state index in [0.717, 1.165) is 48.3 Å². The van der Waals surface area contributed by atoms with Crippen LogP contribution in [0.25, 0.3) is 11.1 Å². The second kappa shape index (κ2) is 18.2. The lowest BCUT2D eigenvalue weighted by molar-refractivity contribution is -0.138. The molecule has 0 atom stereocenters. The molecule has 0 saturated heterocycles. The summed E-state index contributed by atoms with van der Waals surface area (Å²) in [5, 5.41) is 0. The van der Waals surface area contributed by atoms with Gasteiger partial charge in [-0.1, -0.05) is 112 Å². The number of hydrogen-bond acceptors (Lipinski definition) is 6. The first-order valence-corrected chi connectivity index (χ1v) is 18.3. The van der Waals surface area contributed by atoms with Crippen molar-refractivity contribution in [3.8, 4) is 22.6 Å². The molecule has 0 bridgehead atoms. The number of carbonyl (C=O) groups is 2. The smallest absolute Gasteiger partial charge is 0.330 e. The van der Waals surface area contributed by atoms with E-state index in [-0.39, 0.29) is 11.9 Å². The number of aryl methyl sites for hydroxylation is 2. The van der Waals surface area contributed by atoms with Crippen LogP contribution in [0.1, 0.15) is 86.8 Å². The molecule has 6 heteroatoms. The van der Waals surface area contributed by atoms with Gasteiger partial charge in [-0.05, 0) is 83.3 Å². The van der Waals surface area contributed by atoms with Crippen molar-refractivity contribution in [2.75, 3.05) is 26.4 Å². The highest BCUT2D eigenvalue weighted by atomic mass is 16.5. The van der Waals surface area contributed by atoms with Gasteiger partial charge < -0.3 is 18.9 Å². The number of carbonyl (C=O) groups excluding carboxylic acids is 2. The van der Waals surface area contributed by atoms with Crippen LogP contribution in [-0.2, 0) is 37.3 Å². The Morgan fingerprint density at radius 3 is 1.43 bits per heavy atom. The summed E-state index contributed by atoms with van der Waals surface area (Å²) in [6, 6.07) is 30.9. The van der Waals surface area contributed by atoms with E-state index in [0.29, 0.717) is 39.3 Å². The molecule has 0 spiro atoms. The molecule has 0 aromatic heterocycles. The first-order valence-electron chi connectivity index (χ1n) is 18.3. The molecule has 0 aliphatic heterocycles. The van der Waals surface area contributed by atoms with Gasteiger partial charge in [0.05, 0.1) is 31.8 Å². The number of rotatable bonds is 18. The molecule has 0 unspecified atom stereocenters. The summed E-state index contributed by atoms with van der Waals surface area (Å²) in [6.45, 7) is 9.50. The molecular weight excluding hydrogens is 636 g/mol. The average Bonchev–Trinajstić information content (AvgIpc) is 3.44. The summed E-state index contributed by atoms with van der Waals surface area (Å²) in [6.07, 6.45) is 11.1. The van der Waals surface area contributed by atoms with E-state index in [4.69, 9.17) is 18.9 Å². The van der Waals surface area contributed by atoms with Crippen molar-refractivity contribution < 1.29 is 28.5 Å². The van der Waals surface area contributed by atoms with Gasteiger partial charge in [0, 0.05) is 25.0 Å². The standard InChI is InChI=1S/C45H50O6/c1-5-15-33-31-35(23-25-41(33)48-27-13-29-50-43(46)17-7-3)45(39-21-11-9-19-37(39)38-20-10-12-22-40(38)45)36-24-26-42(34(32-36)16-6-2)49-28-14-30-51-44(47)18-8-4/h7-12,17-26,31-32H,5-6,13-16,27-30H2,1-4H3. The summed E-state index contributed by atoms with van der Waals surface area (Å²) in [5.74, 6) is 1.06. The zero-order valence-corrected chi connectivity index (χ0v) is 30.4. The second-order valence-corrected chi connectivity index (χ2v) is 12.7. The van der Waals surface area contributed by atoms with Gasteiger partial charge in [0.1, 0.15) is 11.5 Å². The van der Waals surface area contributed by atoms with Crippen LogP contribution in [-0.4, -0.2) is 38.4 Å². The fraction of sp³-hybridized carbons (Fsp3) is 0.333. The van der Waals surface area contributed by atoms with E-state index >= 15 is 0 Å². The summed E-state index contributed by atoms with van der Waals surface area (Å²) < 4.78 is 23.2. The maximum absolute atomic E-state index is 11.7. The molecule has 0 radical (unpaired) electrons. The molecule has 1 aliphatic rings. The predicted octanol–water partition coefficient (Wildman–Crippen LogP) is 9.73. The number of hydrogen-bond donors (Lipinski definition) is 0. The van der Waals surface area contributed by atoms with E-state index in [1.165, 1.54) is 45.5 Å². The number of benzene rings is 4. The Labute approximate surface area is 303 Å². The fourth-order valence-electron chi connectivity index (χ4n) is 7.06. The molecule has 0 saturated carbocycles. The van der Waals surface area contributed by atoms with E-state index in [1.54, 1.807) is 26.0 Å². The van der Waals surface area contributed by atoms with Crippen molar-refractivity contribution in [2.24, 2.45) is 0 Å². The van der Waals surface area contributed by atoms with E-state index in [9.17, 15) is 9.59 Å². The van der Waals surface area contributed by atoms with Crippen molar-refractivity contribution in [3.05, 3.63) is 143 Å². The molecule has 0 fully saturated rings. The predicted molar refractivity (Wildman–Crippen MR) is 204 cm³/mol. The number of ether oxygens (including phenoxy) is 4. The highest BCUT2D eigenvalue weighted by molar-refractivity contribution is 5.86. The first-order chi connectivity index (χ1) is 25.0. The maximum atomic E-state index is 11.7. The zero-order valence-electron chi connectivity index (χ0n) is 30.4. The first kappa shape index (κ1) is 37.2. The van der Waals surface area contributed by atoms with Crippen LogP contribution < -0.4 is 9.47 Å². The van der Waals surface area contributed by atoms with Crippen LogP contribution in [0.4, 0.5) is 0 Å². The second-order valence-electron chi connectivity index (χ2n) is 12.7. The Morgan fingerprint density at radius 1 is 0.588 bits per heavy atom. The monoisotopic (exact) mass is 686 g/mol. The van der Waals surface area contributed by atoms with Gasteiger partial charge in [0.2, 0.25) is 0 Å². The number of allylic oxidation sites excluding steroid dienone is 2. The Hall–Kier alpha value is -5.10. The molecule has 0 amide bonds.